The van der Waals surface area contributed by atoms with E-state index in [0.717, 1.165) is 12.8 Å². The van der Waals surface area contributed by atoms with Gasteiger partial charge in [0, 0.05) is 23.4 Å². The molecule has 6 nitrogen and oxygen atoms in total. The smallest absolute Gasteiger partial charge is 0.257 e. The molecule has 2 aromatic carbocycles. The molecule has 2 aromatic rings. The fourth-order valence-electron chi connectivity index (χ4n) is 2.31. The van der Waals surface area contributed by atoms with Gasteiger partial charge in [-0.1, -0.05) is 20.3 Å². The van der Waals surface area contributed by atoms with Crippen molar-refractivity contribution >= 4 is 56.4 Å². The molecule has 0 spiro atoms. The molecule has 0 saturated heterocycles. The van der Waals surface area contributed by atoms with Gasteiger partial charge in [0.25, 0.3) is 5.91 Å². The summed E-state index contributed by atoms with van der Waals surface area (Å²) in [7, 11) is 0. The Morgan fingerprint density at radius 2 is 1.69 bits per heavy atom. The van der Waals surface area contributed by atoms with E-state index in [1.165, 1.54) is 0 Å². The molecular weight excluding hydrogens is 454 g/mol. The second kappa shape index (κ2) is 11.5. The van der Waals surface area contributed by atoms with Crippen LogP contribution in [0.25, 0.3) is 0 Å². The third kappa shape index (κ3) is 7.47. The number of carbonyl (C=O) groups is 2. The molecule has 0 radical (unpaired) electrons. The van der Waals surface area contributed by atoms with Crippen LogP contribution in [-0.2, 0) is 4.79 Å². The minimum absolute atomic E-state index is 0.0542. The largest absolute Gasteiger partial charge is 0.492 e. The quantitative estimate of drug-likeness (QED) is 0.363. The van der Waals surface area contributed by atoms with Crippen LogP contribution in [0.15, 0.2) is 46.9 Å². The molecule has 2 amide bonds. The number of thiocarbonyl (C=S) groups is 1. The van der Waals surface area contributed by atoms with Crippen molar-refractivity contribution in [3.05, 3.63) is 52.5 Å². The lowest BCUT2D eigenvalue weighted by Crippen LogP contribution is -2.34. The summed E-state index contributed by atoms with van der Waals surface area (Å²) < 4.78 is 6.38. The van der Waals surface area contributed by atoms with Crippen molar-refractivity contribution in [3.63, 3.8) is 0 Å². The Morgan fingerprint density at radius 3 is 2.28 bits per heavy atom. The molecule has 0 fully saturated rings. The average Bonchev–Trinajstić information content (AvgIpc) is 2.70. The van der Waals surface area contributed by atoms with E-state index in [1.54, 1.807) is 49.4 Å². The van der Waals surface area contributed by atoms with Gasteiger partial charge in [-0.2, -0.15) is 0 Å². The summed E-state index contributed by atoms with van der Waals surface area (Å²) in [6, 6.07) is 12.2. The third-order valence-electron chi connectivity index (χ3n) is 3.92. The average molecular weight is 478 g/mol. The Bertz CT molecular complexity index is 872. The number of nitrogens with one attached hydrogen (secondary N) is 3. The van der Waals surface area contributed by atoms with E-state index < -0.39 is 0 Å². The van der Waals surface area contributed by atoms with Crippen LogP contribution in [0.5, 0.6) is 5.75 Å². The van der Waals surface area contributed by atoms with Crippen molar-refractivity contribution < 1.29 is 14.3 Å². The lowest BCUT2D eigenvalue weighted by atomic mass is 10.2. The molecule has 0 atom stereocenters. The van der Waals surface area contributed by atoms with E-state index in [2.05, 4.69) is 38.8 Å². The maximum atomic E-state index is 12.4. The number of amides is 2. The second-order valence-electron chi connectivity index (χ2n) is 6.23. The Morgan fingerprint density at radius 1 is 1.03 bits per heavy atom. The van der Waals surface area contributed by atoms with Crippen molar-refractivity contribution in [1.82, 2.24) is 5.32 Å². The van der Waals surface area contributed by atoms with Gasteiger partial charge in [0.1, 0.15) is 5.75 Å². The molecule has 154 valence electrons. The summed E-state index contributed by atoms with van der Waals surface area (Å²) in [5, 5.41) is 8.55. The predicted molar refractivity (Wildman–Crippen MR) is 124 cm³/mol. The van der Waals surface area contributed by atoms with Gasteiger partial charge in [-0.25, -0.2) is 0 Å². The third-order valence-corrected chi connectivity index (χ3v) is 4.75. The minimum atomic E-state index is -0.324. The van der Waals surface area contributed by atoms with Crippen molar-refractivity contribution in [2.75, 3.05) is 17.2 Å². The molecule has 0 unspecified atom stereocenters. The highest BCUT2D eigenvalue weighted by Gasteiger charge is 2.11. The number of hydrogen-bond donors (Lipinski definition) is 3. The van der Waals surface area contributed by atoms with E-state index in [-0.39, 0.29) is 16.9 Å². The Kier molecular flexibility index (Phi) is 9.08. The van der Waals surface area contributed by atoms with Crippen LogP contribution in [0.3, 0.4) is 0 Å². The van der Waals surface area contributed by atoms with Gasteiger partial charge in [0.05, 0.1) is 11.1 Å². The summed E-state index contributed by atoms with van der Waals surface area (Å²) in [5.41, 5.74) is 1.86. The van der Waals surface area contributed by atoms with Gasteiger partial charge in [0.2, 0.25) is 5.91 Å². The molecule has 0 aliphatic carbocycles. The first-order valence-corrected chi connectivity index (χ1v) is 10.6. The normalized spacial score (nSPS) is 10.2. The fourth-order valence-corrected chi connectivity index (χ4v) is 3.01. The first-order chi connectivity index (χ1) is 13.9. The minimum Gasteiger partial charge on any atom is -0.492 e. The molecular formula is C21H24BrN3O3S. The van der Waals surface area contributed by atoms with Crippen molar-refractivity contribution in [3.8, 4) is 5.75 Å². The monoisotopic (exact) mass is 477 g/mol. The molecule has 3 N–H and O–H groups in total. The van der Waals surface area contributed by atoms with Gasteiger partial charge in [-0.05, 0) is 77.0 Å². The SMILES string of the molecule is CCCCOc1ccc(C(=O)NC(=S)Nc2ccc(NC(=O)CC)cc2)cc1Br. The van der Waals surface area contributed by atoms with Crippen LogP contribution in [0, 0.1) is 0 Å². The predicted octanol–water partition coefficient (Wildman–Crippen LogP) is 5.10. The molecule has 0 aromatic heterocycles. The van der Waals surface area contributed by atoms with Crippen LogP contribution in [0.2, 0.25) is 0 Å². The number of halogens is 1. The van der Waals surface area contributed by atoms with Crippen molar-refractivity contribution in [1.29, 1.82) is 0 Å². The lowest BCUT2D eigenvalue weighted by molar-refractivity contribution is -0.115. The van der Waals surface area contributed by atoms with E-state index in [9.17, 15) is 9.59 Å². The van der Waals surface area contributed by atoms with Crippen LogP contribution in [-0.4, -0.2) is 23.5 Å². The van der Waals surface area contributed by atoms with Gasteiger partial charge in [-0.3, -0.25) is 14.9 Å². The molecule has 2 rings (SSSR count). The zero-order chi connectivity index (χ0) is 21.2. The van der Waals surface area contributed by atoms with Crippen LogP contribution >= 0.6 is 28.1 Å². The number of carbonyl (C=O) groups excluding carboxylic acids is 2. The molecule has 0 aliphatic rings. The fraction of sp³-hybridized carbons (Fsp3) is 0.286. The van der Waals surface area contributed by atoms with Gasteiger partial charge in [-0.15, -0.1) is 0 Å². The van der Waals surface area contributed by atoms with Crippen molar-refractivity contribution in [2.24, 2.45) is 0 Å². The van der Waals surface area contributed by atoms with Crippen LogP contribution in [0.1, 0.15) is 43.5 Å². The number of rotatable bonds is 8. The summed E-state index contributed by atoms with van der Waals surface area (Å²) in [5.74, 6) is 0.322. The van der Waals surface area contributed by atoms with Crippen LogP contribution < -0.4 is 20.7 Å². The second-order valence-corrected chi connectivity index (χ2v) is 7.50. The Balaban J connectivity index is 1.90. The highest BCUT2D eigenvalue weighted by molar-refractivity contribution is 9.10. The van der Waals surface area contributed by atoms with E-state index >= 15 is 0 Å². The molecule has 0 aliphatic heterocycles. The summed E-state index contributed by atoms with van der Waals surface area (Å²) in [4.78, 5) is 23.8. The zero-order valence-electron chi connectivity index (χ0n) is 16.4. The molecule has 0 bridgehead atoms. The number of hydrogen-bond acceptors (Lipinski definition) is 4. The maximum absolute atomic E-state index is 12.4. The highest BCUT2D eigenvalue weighted by atomic mass is 79.9. The van der Waals surface area contributed by atoms with E-state index in [0.29, 0.717) is 40.2 Å². The van der Waals surface area contributed by atoms with Gasteiger partial charge in [0.15, 0.2) is 5.11 Å². The molecule has 29 heavy (non-hydrogen) atoms. The summed E-state index contributed by atoms with van der Waals surface area (Å²) in [6.45, 7) is 4.52. The van der Waals surface area contributed by atoms with Crippen LogP contribution in [0.4, 0.5) is 11.4 Å². The number of unbranched alkanes of at least 4 members (excludes halogenated alkanes) is 1. The van der Waals surface area contributed by atoms with E-state index in [1.807, 2.05) is 0 Å². The van der Waals surface area contributed by atoms with Gasteiger partial charge >= 0.3 is 0 Å². The Hall–Kier alpha value is -2.45. The standard InChI is InChI=1S/C21H24BrN3O3S/c1-3-5-12-28-18-11-6-14(13-17(18)22)20(27)25-21(29)24-16-9-7-15(8-10-16)23-19(26)4-2/h6-11,13H,3-5,12H2,1-2H3,(H,23,26)(H2,24,25,27,29). The summed E-state index contributed by atoms with van der Waals surface area (Å²) >= 11 is 8.65. The maximum Gasteiger partial charge on any atom is 0.257 e. The number of benzene rings is 2. The number of ether oxygens (including phenoxy) is 1. The molecule has 8 heteroatoms. The topological polar surface area (TPSA) is 79.5 Å². The zero-order valence-corrected chi connectivity index (χ0v) is 18.8. The molecule has 0 saturated carbocycles. The van der Waals surface area contributed by atoms with E-state index in [4.69, 9.17) is 17.0 Å². The Labute approximate surface area is 184 Å². The first kappa shape index (κ1) is 22.8. The van der Waals surface area contributed by atoms with Gasteiger partial charge < -0.3 is 15.4 Å². The molecule has 0 heterocycles. The lowest BCUT2D eigenvalue weighted by Gasteiger charge is -2.12. The number of anilines is 2. The summed E-state index contributed by atoms with van der Waals surface area (Å²) in [6.07, 6.45) is 2.44. The highest BCUT2D eigenvalue weighted by Crippen LogP contribution is 2.26. The van der Waals surface area contributed by atoms with Crippen molar-refractivity contribution in [2.45, 2.75) is 33.1 Å². The first-order valence-electron chi connectivity index (χ1n) is 9.37.